The molecule has 3 nitrogen and oxygen atoms in total. The number of nitrogens with zero attached hydrogens (tertiary/aromatic N) is 1. The van der Waals surface area contributed by atoms with Crippen molar-refractivity contribution in [2.24, 2.45) is 23.7 Å². The zero-order valence-electron chi connectivity index (χ0n) is 10.2. The Morgan fingerprint density at radius 3 is 2.53 bits per heavy atom. The molecule has 1 heterocycles. The lowest BCUT2D eigenvalue weighted by Crippen LogP contribution is -2.43. The van der Waals surface area contributed by atoms with Crippen molar-refractivity contribution in [3.63, 3.8) is 0 Å². The highest BCUT2D eigenvalue weighted by molar-refractivity contribution is 5.80. The fourth-order valence-electron chi connectivity index (χ4n) is 3.64. The lowest BCUT2D eigenvalue weighted by atomic mass is 9.90. The van der Waals surface area contributed by atoms with Crippen molar-refractivity contribution in [1.29, 1.82) is 0 Å². The summed E-state index contributed by atoms with van der Waals surface area (Å²) in [5, 5.41) is 9.10. The molecule has 17 heavy (non-hydrogen) atoms. The summed E-state index contributed by atoms with van der Waals surface area (Å²) in [7, 11) is 0. The Hall–Kier alpha value is -0.830. The van der Waals surface area contributed by atoms with Crippen molar-refractivity contribution in [2.45, 2.75) is 25.7 Å². The van der Waals surface area contributed by atoms with Gasteiger partial charge in [0.05, 0.1) is 0 Å². The summed E-state index contributed by atoms with van der Waals surface area (Å²) in [5.74, 6) is 2.24. The maximum atomic E-state index is 12.4. The summed E-state index contributed by atoms with van der Waals surface area (Å²) in [6.07, 6.45) is 8.74. The smallest absolute Gasteiger partial charge is 0.226 e. The number of likely N-dealkylation sites (tertiary alicyclic amines) is 1. The predicted octanol–water partition coefficient (Wildman–Crippen LogP) is 1.43. The van der Waals surface area contributed by atoms with Gasteiger partial charge < -0.3 is 10.0 Å². The Morgan fingerprint density at radius 1 is 1.24 bits per heavy atom. The minimum absolute atomic E-state index is 0.260. The third-order valence-corrected chi connectivity index (χ3v) is 4.78. The third-order valence-electron chi connectivity index (χ3n) is 4.78. The van der Waals surface area contributed by atoms with Gasteiger partial charge in [-0.3, -0.25) is 4.79 Å². The molecule has 3 heteroatoms. The van der Waals surface area contributed by atoms with Crippen molar-refractivity contribution in [3.8, 4) is 0 Å². The highest BCUT2D eigenvalue weighted by Crippen LogP contribution is 2.44. The first kappa shape index (κ1) is 11.3. The second-order valence-corrected chi connectivity index (χ2v) is 5.84. The Balaban J connectivity index is 1.58. The highest BCUT2D eigenvalue weighted by atomic mass is 16.3. The molecule has 1 amide bonds. The van der Waals surface area contributed by atoms with Crippen LogP contribution in [0.2, 0.25) is 0 Å². The number of aliphatic hydroxyl groups is 1. The molecule has 3 aliphatic rings. The Bertz CT molecular complexity index is 331. The average molecular weight is 235 g/mol. The van der Waals surface area contributed by atoms with Crippen LogP contribution >= 0.6 is 0 Å². The van der Waals surface area contributed by atoms with E-state index in [9.17, 15) is 4.79 Å². The summed E-state index contributed by atoms with van der Waals surface area (Å²) < 4.78 is 0. The fraction of sp³-hybridized carbons (Fsp3) is 0.786. The van der Waals surface area contributed by atoms with Gasteiger partial charge in [0.1, 0.15) is 0 Å². The van der Waals surface area contributed by atoms with Crippen LogP contribution in [0.1, 0.15) is 25.7 Å². The molecule has 1 N–H and O–H groups in total. The number of allylic oxidation sites excluding steroid dienone is 2. The van der Waals surface area contributed by atoms with E-state index in [0.29, 0.717) is 23.7 Å². The predicted molar refractivity (Wildman–Crippen MR) is 65.2 cm³/mol. The summed E-state index contributed by atoms with van der Waals surface area (Å²) in [6, 6.07) is 0. The number of aliphatic hydroxyl groups excluding tert-OH is 1. The molecular weight excluding hydrogens is 214 g/mol. The van der Waals surface area contributed by atoms with Crippen LogP contribution in [0.15, 0.2) is 12.2 Å². The van der Waals surface area contributed by atoms with Crippen LogP contribution in [0.3, 0.4) is 0 Å². The van der Waals surface area contributed by atoms with E-state index in [-0.39, 0.29) is 12.5 Å². The molecule has 3 rings (SSSR count). The number of hydrogen-bond donors (Lipinski definition) is 1. The summed E-state index contributed by atoms with van der Waals surface area (Å²) in [5.41, 5.74) is 0. The summed E-state index contributed by atoms with van der Waals surface area (Å²) in [6.45, 7) is 1.97. The molecular formula is C14H21NO2. The first-order chi connectivity index (χ1) is 8.28. The average Bonchev–Trinajstić information content (AvgIpc) is 3.00. The molecule has 0 spiro atoms. The van der Waals surface area contributed by atoms with Crippen LogP contribution in [0, 0.1) is 23.7 Å². The maximum absolute atomic E-state index is 12.4. The van der Waals surface area contributed by atoms with E-state index in [1.54, 1.807) is 0 Å². The number of hydrogen-bond acceptors (Lipinski definition) is 2. The normalized spacial score (nSPS) is 36.8. The van der Waals surface area contributed by atoms with Gasteiger partial charge in [0.2, 0.25) is 5.91 Å². The van der Waals surface area contributed by atoms with Crippen LogP contribution in [0.4, 0.5) is 0 Å². The van der Waals surface area contributed by atoms with E-state index in [4.69, 9.17) is 5.11 Å². The van der Waals surface area contributed by atoms with E-state index in [2.05, 4.69) is 12.2 Å². The van der Waals surface area contributed by atoms with Gasteiger partial charge in [-0.1, -0.05) is 12.2 Å². The van der Waals surface area contributed by atoms with Crippen LogP contribution < -0.4 is 0 Å². The van der Waals surface area contributed by atoms with E-state index < -0.39 is 0 Å². The van der Waals surface area contributed by atoms with Crippen molar-refractivity contribution in [1.82, 2.24) is 4.90 Å². The first-order valence-electron chi connectivity index (χ1n) is 6.86. The number of rotatable bonds is 2. The van der Waals surface area contributed by atoms with Crippen molar-refractivity contribution in [3.05, 3.63) is 12.2 Å². The zero-order chi connectivity index (χ0) is 11.8. The van der Waals surface area contributed by atoms with Gasteiger partial charge in [-0.2, -0.15) is 0 Å². The minimum Gasteiger partial charge on any atom is -0.396 e. The Labute approximate surface area is 102 Å². The Morgan fingerprint density at radius 2 is 2.00 bits per heavy atom. The number of piperidine rings is 1. The number of amides is 1. The highest BCUT2D eigenvalue weighted by Gasteiger charge is 2.41. The van der Waals surface area contributed by atoms with Crippen LogP contribution in [0.25, 0.3) is 0 Å². The molecule has 2 aliphatic carbocycles. The SMILES string of the molecule is O=C(C1CC2C=CC1C2)N1CCC(CO)CC1. The van der Waals surface area contributed by atoms with Gasteiger partial charge in [0.15, 0.2) is 0 Å². The second-order valence-electron chi connectivity index (χ2n) is 5.84. The van der Waals surface area contributed by atoms with Crippen molar-refractivity contribution >= 4 is 5.91 Å². The van der Waals surface area contributed by atoms with Gasteiger partial charge >= 0.3 is 0 Å². The van der Waals surface area contributed by atoms with Gasteiger partial charge in [0, 0.05) is 25.6 Å². The van der Waals surface area contributed by atoms with E-state index in [1.165, 1.54) is 6.42 Å². The fourth-order valence-corrected chi connectivity index (χ4v) is 3.64. The number of fused-ring (bicyclic) bond motifs is 2. The van der Waals surface area contributed by atoms with Gasteiger partial charge in [-0.05, 0) is 43.4 Å². The molecule has 2 bridgehead atoms. The summed E-state index contributed by atoms with van der Waals surface area (Å²) in [4.78, 5) is 14.4. The van der Waals surface area contributed by atoms with E-state index >= 15 is 0 Å². The molecule has 0 aromatic heterocycles. The molecule has 94 valence electrons. The van der Waals surface area contributed by atoms with Crippen LogP contribution in [0.5, 0.6) is 0 Å². The molecule has 3 atom stereocenters. The number of carbonyl (C=O) groups excluding carboxylic acids is 1. The summed E-state index contributed by atoms with van der Waals surface area (Å²) >= 11 is 0. The second kappa shape index (κ2) is 4.45. The standard InChI is InChI=1S/C14H21NO2/c16-9-10-3-5-15(6-4-10)14(17)13-8-11-1-2-12(13)7-11/h1-2,10-13,16H,3-9H2. The number of carbonyl (C=O) groups is 1. The molecule has 0 aromatic carbocycles. The lowest BCUT2D eigenvalue weighted by Gasteiger charge is -2.34. The zero-order valence-corrected chi connectivity index (χ0v) is 10.2. The molecule has 1 saturated heterocycles. The monoisotopic (exact) mass is 235 g/mol. The first-order valence-corrected chi connectivity index (χ1v) is 6.86. The molecule has 1 saturated carbocycles. The van der Waals surface area contributed by atoms with E-state index in [0.717, 1.165) is 32.4 Å². The van der Waals surface area contributed by atoms with Crippen molar-refractivity contribution in [2.75, 3.05) is 19.7 Å². The maximum Gasteiger partial charge on any atom is 0.226 e. The van der Waals surface area contributed by atoms with Crippen molar-refractivity contribution < 1.29 is 9.90 Å². The van der Waals surface area contributed by atoms with Gasteiger partial charge in [-0.25, -0.2) is 0 Å². The molecule has 2 fully saturated rings. The molecule has 1 aliphatic heterocycles. The molecule has 3 unspecified atom stereocenters. The minimum atomic E-state index is 0.260. The molecule has 0 aromatic rings. The van der Waals surface area contributed by atoms with E-state index in [1.807, 2.05) is 4.90 Å². The van der Waals surface area contributed by atoms with Gasteiger partial charge in [0.25, 0.3) is 0 Å². The largest absolute Gasteiger partial charge is 0.396 e. The molecule has 0 radical (unpaired) electrons. The van der Waals surface area contributed by atoms with Crippen LogP contribution in [-0.2, 0) is 4.79 Å². The topological polar surface area (TPSA) is 40.5 Å². The van der Waals surface area contributed by atoms with Crippen LogP contribution in [-0.4, -0.2) is 35.6 Å². The third kappa shape index (κ3) is 2.01. The quantitative estimate of drug-likeness (QED) is 0.736. The lowest BCUT2D eigenvalue weighted by molar-refractivity contribution is -0.138. The Kier molecular flexibility index (Phi) is 2.95. The van der Waals surface area contributed by atoms with Gasteiger partial charge in [-0.15, -0.1) is 0 Å².